The number of benzene rings is 3. The Morgan fingerprint density at radius 1 is 0.964 bits per heavy atom. The molecule has 3 aromatic carbocycles. The Hall–Kier alpha value is -2.52. The summed E-state index contributed by atoms with van der Waals surface area (Å²) in [5.74, 6) is -0.284. The van der Waals surface area contributed by atoms with Crippen molar-refractivity contribution in [3.63, 3.8) is 0 Å². The van der Waals surface area contributed by atoms with Crippen molar-refractivity contribution in [1.29, 1.82) is 0 Å². The molecule has 0 heterocycles. The van der Waals surface area contributed by atoms with Gasteiger partial charge in [-0.25, -0.2) is 10.2 Å². The van der Waals surface area contributed by atoms with Crippen LogP contribution in [0, 0.1) is 3.57 Å². The highest BCUT2D eigenvalue weighted by Gasteiger charge is 2.09. The van der Waals surface area contributed by atoms with Crippen LogP contribution in [0.15, 0.2) is 82.4 Å². The van der Waals surface area contributed by atoms with E-state index in [1.165, 1.54) is 6.21 Å². The second-order valence-electron chi connectivity index (χ2n) is 5.64. The van der Waals surface area contributed by atoms with Gasteiger partial charge in [-0.3, -0.25) is 4.79 Å². The Labute approximate surface area is 184 Å². The normalized spacial score (nSPS) is 10.6. The number of carbonyl (C=O) groups excluding carboxylic acids is 2. The third kappa shape index (κ3) is 5.49. The zero-order chi connectivity index (χ0) is 19.9. The van der Waals surface area contributed by atoms with Crippen LogP contribution in [0.25, 0.3) is 0 Å². The Bertz CT molecular complexity index is 1020. The van der Waals surface area contributed by atoms with Crippen molar-refractivity contribution in [3.05, 3.63) is 97.5 Å². The second kappa shape index (κ2) is 9.61. The molecule has 0 aliphatic carbocycles. The Kier molecular flexibility index (Phi) is 6.94. The van der Waals surface area contributed by atoms with Crippen molar-refractivity contribution in [3.8, 4) is 5.75 Å². The van der Waals surface area contributed by atoms with Gasteiger partial charge in [-0.15, -0.1) is 0 Å². The highest BCUT2D eigenvalue weighted by atomic mass is 127. The van der Waals surface area contributed by atoms with Crippen molar-refractivity contribution < 1.29 is 14.3 Å². The van der Waals surface area contributed by atoms with E-state index in [-0.39, 0.29) is 5.91 Å². The summed E-state index contributed by atoms with van der Waals surface area (Å²) in [5, 5.41) is 3.97. The average Bonchev–Trinajstić information content (AvgIpc) is 2.70. The zero-order valence-corrected chi connectivity index (χ0v) is 18.2. The lowest BCUT2D eigenvalue weighted by atomic mass is 10.2. The number of esters is 1. The molecule has 1 N–H and O–H groups in total. The number of ether oxygens (including phenoxy) is 1. The van der Waals surface area contributed by atoms with Gasteiger partial charge >= 0.3 is 5.97 Å². The molecule has 5 nitrogen and oxygen atoms in total. The molecule has 0 aromatic heterocycles. The van der Waals surface area contributed by atoms with Gasteiger partial charge in [-0.05, 0) is 88.8 Å². The molecular weight excluding hydrogens is 535 g/mol. The SMILES string of the molecule is O=C(Oc1ccc(/C=N\NC(=O)c2ccccc2I)cc1)c1ccc(Br)cc1. The van der Waals surface area contributed by atoms with Crippen LogP contribution in [0.5, 0.6) is 5.75 Å². The quantitative estimate of drug-likeness (QED) is 0.160. The smallest absolute Gasteiger partial charge is 0.343 e. The van der Waals surface area contributed by atoms with Gasteiger partial charge in [0.05, 0.1) is 17.3 Å². The maximum absolute atomic E-state index is 12.1. The van der Waals surface area contributed by atoms with Gasteiger partial charge in [0, 0.05) is 8.04 Å². The molecule has 0 unspecified atom stereocenters. The van der Waals surface area contributed by atoms with Crippen molar-refractivity contribution in [2.24, 2.45) is 5.10 Å². The van der Waals surface area contributed by atoms with E-state index in [0.717, 1.165) is 13.6 Å². The number of nitrogens with zero attached hydrogens (tertiary/aromatic N) is 1. The number of rotatable bonds is 5. The Morgan fingerprint density at radius 3 is 2.32 bits per heavy atom. The summed E-state index contributed by atoms with van der Waals surface area (Å²) in [6.45, 7) is 0. The van der Waals surface area contributed by atoms with Crippen molar-refractivity contribution in [1.82, 2.24) is 5.43 Å². The summed E-state index contributed by atoms with van der Waals surface area (Å²) in [5.41, 5.74) is 4.28. The molecule has 1 amide bonds. The van der Waals surface area contributed by atoms with Crippen LogP contribution in [0.4, 0.5) is 0 Å². The number of halogens is 2. The molecule has 3 rings (SSSR count). The fourth-order valence-electron chi connectivity index (χ4n) is 2.24. The molecular formula is C21H14BrIN2O3. The molecule has 7 heteroatoms. The first-order valence-corrected chi connectivity index (χ1v) is 10.1. The van der Waals surface area contributed by atoms with Crippen LogP contribution >= 0.6 is 38.5 Å². The van der Waals surface area contributed by atoms with Crippen molar-refractivity contribution in [2.75, 3.05) is 0 Å². The Morgan fingerprint density at radius 2 is 1.64 bits per heavy atom. The molecule has 0 spiro atoms. The molecule has 0 bridgehead atoms. The molecule has 0 fully saturated rings. The van der Waals surface area contributed by atoms with E-state index in [4.69, 9.17) is 4.74 Å². The van der Waals surface area contributed by atoms with Crippen LogP contribution in [0.3, 0.4) is 0 Å². The molecule has 0 radical (unpaired) electrons. The third-order valence-corrected chi connectivity index (χ3v) is 5.14. The largest absolute Gasteiger partial charge is 0.423 e. The number of nitrogens with one attached hydrogen (secondary N) is 1. The topological polar surface area (TPSA) is 67.8 Å². The average molecular weight is 549 g/mol. The summed E-state index contributed by atoms with van der Waals surface area (Å²) >= 11 is 5.43. The highest BCUT2D eigenvalue weighted by molar-refractivity contribution is 14.1. The first-order valence-electron chi connectivity index (χ1n) is 8.19. The standard InChI is InChI=1S/C21H14BrIN2O3/c22-16-9-7-15(8-10-16)21(27)28-17-11-5-14(6-12-17)13-24-25-20(26)18-3-1-2-4-19(18)23/h1-13H,(H,25,26)/b24-13-. The van der Waals surface area contributed by atoms with Crippen LogP contribution < -0.4 is 10.2 Å². The maximum Gasteiger partial charge on any atom is 0.343 e. The van der Waals surface area contributed by atoms with Gasteiger partial charge in [0.1, 0.15) is 5.75 Å². The third-order valence-electron chi connectivity index (χ3n) is 3.67. The number of carbonyl (C=O) groups is 2. The minimum absolute atomic E-state index is 0.277. The van der Waals surface area contributed by atoms with Gasteiger partial charge in [0.25, 0.3) is 5.91 Å². The van der Waals surface area contributed by atoms with Crippen LogP contribution in [0.1, 0.15) is 26.3 Å². The number of amides is 1. The van der Waals surface area contributed by atoms with E-state index in [2.05, 4.69) is 49.0 Å². The molecule has 140 valence electrons. The lowest BCUT2D eigenvalue weighted by Crippen LogP contribution is -2.18. The first kappa shape index (κ1) is 20.2. The number of hydrogen-bond donors (Lipinski definition) is 1. The summed E-state index contributed by atoms with van der Waals surface area (Å²) in [4.78, 5) is 24.2. The molecule has 0 saturated heterocycles. The van der Waals surface area contributed by atoms with Crippen LogP contribution in [-0.4, -0.2) is 18.1 Å². The van der Waals surface area contributed by atoms with E-state index in [0.29, 0.717) is 16.9 Å². The van der Waals surface area contributed by atoms with Gasteiger partial charge in [-0.2, -0.15) is 5.10 Å². The van der Waals surface area contributed by atoms with Crippen molar-refractivity contribution in [2.45, 2.75) is 0 Å². The van der Waals surface area contributed by atoms with Gasteiger partial charge in [0.15, 0.2) is 0 Å². The predicted octanol–water partition coefficient (Wildman–Crippen LogP) is 5.04. The molecule has 0 atom stereocenters. The highest BCUT2D eigenvalue weighted by Crippen LogP contribution is 2.16. The van der Waals surface area contributed by atoms with Gasteiger partial charge in [-0.1, -0.05) is 28.1 Å². The molecule has 0 aliphatic rings. The first-order chi connectivity index (χ1) is 13.5. The minimum Gasteiger partial charge on any atom is -0.423 e. The molecule has 28 heavy (non-hydrogen) atoms. The van der Waals surface area contributed by atoms with Crippen molar-refractivity contribution >= 4 is 56.6 Å². The van der Waals surface area contributed by atoms with Crippen LogP contribution in [0.2, 0.25) is 0 Å². The predicted molar refractivity (Wildman–Crippen MR) is 120 cm³/mol. The number of hydrogen-bond acceptors (Lipinski definition) is 4. The zero-order valence-electron chi connectivity index (χ0n) is 14.4. The fraction of sp³-hybridized carbons (Fsp3) is 0. The van der Waals surface area contributed by atoms with Gasteiger partial charge < -0.3 is 4.74 Å². The van der Waals surface area contributed by atoms with E-state index in [1.54, 1.807) is 60.7 Å². The second-order valence-corrected chi connectivity index (χ2v) is 7.72. The summed E-state index contributed by atoms with van der Waals surface area (Å²) in [7, 11) is 0. The van der Waals surface area contributed by atoms with Gasteiger partial charge in [0.2, 0.25) is 0 Å². The lowest BCUT2D eigenvalue weighted by Gasteiger charge is -2.05. The summed E-state index contributed by atoms with van der Waals surface area (Å²) < 4.78 is 7.08. The summed E-state index contributed by atoms with van der Waals surface area (Å²) in [6, 6.07) is 21.0. The number of hydrazone groups is 1. The van der Waals surface area contributed by atoms with E-state index < -0.39 is 5.97 Å². The van der Waals surface area contributed by atoms with E-state index in [9.17, 15) is 9.59 Å². The van der Waals surface area contributed by atoms with E-state index in [1.807, 2.05) is 12.1 Å². The van der Waals surface area contributed by atoms with Crippen LogP contribution in [-0.2, 0) is 0 Å². The maximum atomic E-state index is 12.1. The van der Waals surface area contributed by atoms with E-state index >= 15 is 0 Å². The fourth-order valence-corrected chi connectivity index (χ4v) is 3.14. The Balaban J connectivity index is 1.57. The summed E-state index contributed by atoms with van der Waals surface area (Å²) in [6.07, 6.45) is 1.52. The molecule has 0 saturated carbocycles. The lowest BCUT2D eigenvalue weighted by molar-refractivity contribution is 0.0734. The molecule has 3 aromatic rings. The monoisotopic (exact) mass is 548 g/mol. The minimum atomic E-state index is -0.432. The molecule has 0 aliphatic heterocycles.